The molecule has 22 heavy (non-hydrogen) atoms. The summed E-state index contributed by atoms with van der Waals surface area (Å²) in [5, 5.41) is 0. The van der Waals surface area contributed by atoms with Crippen molar-refractivity contribution in [2.75, 3.05) is 38.2 Å². The lowest BCUT2D eigenvalue weighted by molar-refractivity contribution is 0.249. The summed E-state index contributed by atoms with van der Waals surface area (Å²) in [6.07, 6.45) is 0. The second kappa shape index (κ2) is 6.79. The van der Waals surface area contributed by atoms with E-state index in [1.54, 1.807) is 13.2 Å². The molecule has 0 N–H and O–H groups in total. The van der Waals surface area contributed by atoms with Gasteiger partial charge >= 0.3 is 0 Å². The molecule has 0 spiro atoms. The Kier molecular flexibility index (Phi) is 4.59. The number of rotatable bonds is 4. The first-order valence-electron chi connectivity index (χ1n) is 7.61. The van der Waals surface area contributed by atoms with Crippen LogP contribution in [-0.4, -0.2) is 38.2 Å². The van der Waals surface area contributed by atoms with E-state index in [1.165, 1.54) is 11.6 Å². The first-order chi connectivity index (χ1) is 10.8. The van der Waals surface area contributed by atoms with Crippen LogP contribution in [0.1, 0.15) is 5.56 Å². The lowest BCUT2D eigenvalue weighted by atomic mass is 10.2. The molecule has 0 amide bonds. The van der Waals surface area contributed by atoms with Gasteiger partial charge in [-0.2, -0.15) is 0 Å². The van der Waals surface area contributed by atoms with E-state index in [4.69, 9.17) is 4.74 Å². The predicted molar refractivity (Wildman–Crippen MR) is 86.9 cm³/mol. The van der Waals surface area contributed by atoms with Crippen molar-refractivity contribution in [3.05, 3.63) is 59.9 Å². The molecule has 0 unspecified atom stereocenters. The maximum Gasteiger partial charge on any atom is 0.146 e. The van der Waals surface area contributed by atoms with Gasteiger partial charge in [0.1, 0.15) is 11.6 Å². The van der Waals surface area contributed by atoms with Crippen LogP contribution in [0.3, 0.4) is 0 Å². The van der Waals surface area contributed by atoms with Gasteiger partial charge in [-0.05, 0) is 29.8 Å². The van der Waals surface area contributed by atoms with Crippen LogP contribution in [-0.2, 0) is 6.54 Å². The van der Waals surface area contributed by atoms with Crippen LogP contribution in [0.15, 0.2) is 48.5 Å². The zero-order chi connectivity index (χ0) is 15.4. The summed E-state index contributed by atoms with van der Waals surface area (Å²) in [6, 6.07) is 15.2. The lowest BCUT2D eigenvalue weighted by Gasteiger charge is -2.36. The van der Waals surface area contributed by atoms with Crippen LogP contribution in [0.25, 0.3) is 0 Å². The minimum absolute atomic E-state index is 0.133. The average Bonchev–Trinajstić information content (AvgIpc) is 2.57. The van der Waals surface area contributed by atoms with E-state index >= 15 is 0 Å². The maximum atomic E-state index is 13.8. The fourth-order valence-electron chi connectivity index (χ4n) is 2.84. The van der Waals surface area contributed by atoms with E-state index in [9.17, 15) is 4.39 Å². The van der Waals surface area contributed by atoms with Crippen molar-refractivity contribution in [3.8, 4) is 5.75 Å². The summed E-state index contributed by atoms with van der Waals surface area (Å²) in [5.74, 6) is 0.749. The molecular formula is C18H21FN2O. The zero-order valence-electron chi connectivity index (χ0n) is 12.8. The Bertz CT molecular complexity index is 607. The Hall–Kier alpha value is -2.07. The minimum atomic E-state index is -0.133. The van der Waals surface area contributed by atoms with Crippen LogP contribution in [0.4, 0.5) is 10.1 Å². The van der Waals surface area contributed by atoms with Crippen molar-refractivity contribution in [1.29, 1.82) is 0 Å². The van der Waals surface area contributed by atoms with Crippen molar-refractivity contribution >= 4 is 5.69 Å². The Morgan fingerprint density at radius 1 is 0.955 bits per heavy atom. The Morgan fingerprint density at radius 3 is 2.27 bits per heavy atom. The monoisotopic (exact) mass is 300 g/mol. The number of hydrogen-bond acceptors (Lipinski definition) is 3. The highest BCUT2D eigenvalue weighted by molar-refractivity contribution is 5.48. The van der Waals surface area contributed by atoms with Gasteiger partial charge in [0.15, 0.2) is 0 Å². The number of methoxy groups -OCH3 is 1. The third-order valence-electron chi connectivity index (χ3n) is 4.13. The second-order valence-corrected chi connectivity index (χ2v) is 5.56. The molecule has 0 aliphatic carbocycles. The number of nitrogens with zero attached hydrogens (tertiary/aromatic N) is 2. The van der Waals surface area contributed by atoms with E-state index in [2.05, 4.69) is 21.9 Å². The highest BCUT2D eigenvalue weighted by Gasteiger charge is 2.19. The maximum absolute atomic E-state index is 13.8. The van der Waals surface area contributed by atoms with Crippen LogP contribution >= 0.6 is 0 Å². The molecule has 0 aromatic heterocycles. The molecule has 3 rings (SSSR count). The normalized spacial score (nSPS) is 15.8. The summed E-state index contributed by atoms with van der Waals surface area (Å²) in [4.78, 5) is 4.53. The molecule has 2 aromatic rings. The number of halogens is 1. The Balaban J connectivity index is 1.56. The summed E-state index contributed by atoms with van der Waals surface area (Å²) in [6.45, 7) is 4.53. The largest absolute Gasteiger partial charge is 0.497 e. The Labute approximate surface area is 130 Å². The first kappa shape index (κ1) is 14.9. The van der Waals surface area contributed by atoms with Gasteiger partial charge in [-0.3, -0.25) is 4.90 Å². The van der Waals surface area contributed by atoms with E-state index in [0.29, 0.717) is 5.69 Å². The van der Waals surface area contributed by atoms with E-state index in [-0.39, 0.29) is 5.82 Å². The molecule has 1 heterocycles. The molecule has 116 valence electrons. The molecule has 1 aliphatic heterocycles. The molecule has 1 aliphatic rings. The van der Waals surface area contributed by atoms with Crippen molar-refractivity contribution in [2.45, 2.75) is 6.54 Å². The highest BCUT2D eigenvalue weighted by Crippen LogP contribution is 2.21. The topological polar surface area (TPSA) is 15.7 Å². The molecule has 0 bridgehead atoms. The number of para-hydroxylation sites is 1. The molecule has 3 nitrogen and oxygen atoms in total. The number of ether oxygens (including phenoxy) is 1. The molecule has 0 atom stereocenters. The van der Waals surface area contributed by atoms with Crippen molar-refractivity contribution in [1.82, 2.24) is 4.90 Å². The molecule has 1 saturated heterocycles. The van der Waals surface area contributed by atoms with Gasteiger partial charge in [-0.1, -0.05) is 24.3 Å². The van der Waals surface area contributed by atoms with Gasteiger partial charge in [0.05, 0.1) is 12.8 Å². The van der Waals surface area contributed by atoms with E-state index < -0.39 is 0 Å². The quantitative estimate of drug-likeness (QED) is 0.862. The first-order valence-corrected chi connectivity index (χ1v) is 7.61. The molecule has 1 fully saturated rings. The summed E-state index contributed by atoms with van der Waals surface area (Å²) in [7, 11) is 1.68. The molecule has 4 heteroatoms. The van der Waals surface area contributed by atoms with Crippen molar-refractivity contribution < 1.29 is 9.13 Å². The molecule has 2 aromatic carbocycles. The van der Waals surface area contributed by atoms with E-state index in [1.807, 2.05) is 24.3 Å². The third kappa shape index (κ3) is 3.39. The van der Waals surface area contributed by atoms with Crippen LogP contribution in [0.5, 0.6) is 5.75 Å². The SMILES string of the molecule is COc1ccc(CN2CCN(c3ccccc3F)CC2)cc1. The number of piperazine rings is 1. The van der Waals surface area contributed by atoms with Crippen LogP contribution in [0.2, 0.25) is 0 Å². The van der Waals surface area contributed by atoms with Crippen molar-refractivity contribution in [2.24, 2.45) is 0 Å². The van der Waals surface area contributed by atoms with Gasteiger partial charge in [-0.25, -0.2) is 4.39 Å². The second-order valence-electron chi connectivity index (χ2n) is 5.56. The molecular weight excluding hydrogens is 279 g/mol. The fourth-order valence-corrected chi connectivity index (χ4v) is 2.84. The third-order valence-corrected chi connectivity index (χ3v) is 4.13. The molecule has 0 saturated carbocycles. The standard InChI is InChI=1S/C18H21FN2O/c1-22-16-8-6-15(7-9-16)14-20-10-12-21(13-11-20)18-5-3-2-4-17(18)19/h2-9H,10-14H2,1H3. The zero-order valence-corrected chi connectivity index (χ0v) is 12.8. The van der Waals surface area contributed by atoms with Gasteiger partial charge < -0.3 is 9.64 Å². The lowest BCUT2D eigenvalue weighted by Crippen LogP contribution is -2.46. The summed E-state index contributed by atoms with van der Waals surface area (Å²) < 4.78 is 19.0. The van der Waals surface area contributed by atoms with Crippen LogP contribution in [0, 0.1) is 5.82 Å². The minimum Gasteiger partial charge on any atom is -0.497 e. The number of benzene rings is 2. The van der Waals surface area contributed by atoms with E-state index in [0.717, 1.165) is 38.5 Å². The average molecular weight is 300 g/mol. The smallest absolute Gasteiger partial charge is 0.146 e. The Morgan fingerprint density at radius 2 is 1.64 bits per heavy atom. The van der Waals surface area contributed by atoms with Crippen molar-refractivity contribution in [3.63, 3.8) is 0 Å². The predicted octanol–water partition coefficient (Wildman–Crippen LogP) is 3.16. The van der Waals surface area contributed by atoms with Crippen LogP contribution < -0.4 is 9.64 Å². The summed E-state index contributed by atoms with van der Waals surface area (Å²) >= 11 is 0. The summed E-state index contributed by atoms with van der Waals surface area (Å²) in [5.41, 5.74) is 1.99. The van der Waals surface area contributed by atoms with Gasteiger partial charge in [0.2, 0.25) is 0 Å². The molecule has 0 radical (unpaired) electrons. The highest BCUT2D eigenvalue weighted by atomic mass is 19.1. The van der Waals surface area contributed by atoms with Gasteiger partial charge in [-0.15, -0.1) is 0 Å². The van der Waals surface area contributed by atoms with Gasteiger partial charge in [0, 0.05) is 32.7 Å². The number of anilines is 1. The number of hydrogen-bond donors (Lipinski definition) is 0. The van der Waals surface area contributed by atoms with Gasteiger partial charge in [0.25, 0.3) is 0 Å². The fraction of sp³-hybridized carbons (Fsp3) is 0.333.